The third-order valence-electron chi connectivity index (χ3n) is 1.03. The second-order valence-electron chi connectivity index (χ2n) is 1.68. The summed E-state index contributed by atoms with van der Waals surface area (Å²) in [6.45, 7) is 0. The van der Waals surface area contributed by atoms with Gasteiger partial charge in [0.05, 0.1) is 6.20 Å². The fourth-order valence-electron chi connectivity index (χ4n) is 0.471. The molecule has 6 heteroatoms. The maximum absolute atomic E-state index is 10.5. The van der Waals surface area contributed by atoms with E-state index in [0.717, 1.165) is 6.20 Å². The van der Waals surface area contributed by atoms with E-state index < -0.39 is 5.69 Å². The molecule has 0 fully saturated rings. The predicted octanol–water partition coefficient (Wildman–Crippen LogP) is -1.76. The van der Waals surface area contributed by atoms with E-state index in [1.807, 2.05) is 0 Å². The SMILES string of the molecule is Nc1c(O)cnc(=O)n1N. The summed E-state index contributed by atoms with van der Waals surface area (Å²) < 4.78 is 0.565. The number of anilines is 1. The first-order valence-electron chi connectivity index (χ1n) is 2.44. The molecule has 10 heavy (non-hydrogen) atoms. The van der Waals surface area contributed by atoms with Crippen molar-refractivity contribution in [3.05, 3.63) is 16.7 Å². The van der Waals surface area contributed by atoms with Crippen LogP contribution in [0, 0.1) is 0 Å². The van der Waals surface area contributed by atoms with Crippen molar-refractivity contribution in [3.8, 4) is 5.75 Å². The van der Waals surface area contributed by atoms with Crippen LogP contribution in [0.4, 0.5) is 5.82 Å². The largest absolute Gasteiger partial charge is 0.503 e. The number of rotatable bonds is 0. The van der Waals surface area contributed by atoms with Crippen LogP contribution in [-0.4, -0.2) is 14.8 Å². The average molecular weight is 142 g/mol. The van der Waals surface area contributed by atoms with Gasteiger partial charge in [0, 0.05) is 0 Å². The van der Waals surface area contributed by atoms with E-state index in [4.69, 9.17) is 16.7 Å². The molecule has 0 aliphatic rings. The van der Waals surface area contributed by atoms with Crippen molar-refractivity contribution in [2.75, 3.05) is 11.6 Å². The third kappa shape index (κ3) is 0.750. The van der Waals surface area contributed by atoms with E-state index in [0.29, 0.717) is 4.68 Å². The highest BCUT2D eigenvalue weighted by Gasteiger charge is 2.01. The summed E-state index contributed by atoms with van der Waals surface area (Å²) in [5.74, 6) is 4.54. The van der Waals surface area contributed by atoms with Crippen LogP contribution in [0.5, 0.6) is 5.75 Å². The molecule has 0 aliphatic heterocycles. The van der Waals surface area contributed by atoms with Crippen molar-refractivity contribution in [2.24, 2.45) is 0 Å². The summed E-state index contributed by atoms with van der Waals surface area (Å²) in [7, 11) is 0. The molecule has 1 rings (SSSR count). The van der Waals surface area contributed by atoms with Crippen molar-refractivity contribution in [3.63, 3.8) is 0 Å². The molecule has 0 saturated carbocycles. The Morgan fingerprint density at radius 3 is 2.80 bits per heavy atom. The molecule has 0 bridgehead atoms. The topological polar surface area (TPSA) is 107 Å². The minimum atomic E-state index is -0.699. The first-order valence-corrected chi connectivity index (χ1v) is 2.44. The molecule has 1 heterocycles. The number of nitrogens with two attached hydrogens (primary N) is 2. The number of aromatic hydroxyl groups is 1. The van der Waals surface area contributed by atoms with Crippen LogP contribution in [0.3, 0.4) is 0 Å². The summed E-state index contributed by atoms with van der Waals surface area (Å²) in [6.07, 6.45) is 0.945. The second-order valence-corrected chi connectivity index (χ2v) is 1.68. The Morgan fingerprint density at radius 1 is 1.70 bits per heavy atom. The minimum Gasteiger partial charge on any atom is -0.503 e. The standard InChI is InChI=1S/C4H6N4O2/c5-3-2(9)1-7-4(10)8(3)6/h1,9H,5-6H2. The molecule has 5 N–H and O–H groups in total. The minimum absolute atomic E-state index is 0.194. The van der Waals surface area contributed by atoms with Crippen LogP contribution in [0.2, 0.25) is 0 Å². The molecule has 1 aromatic heterocycles. The lowest BCUT2D eigenvalue weighted by Gasteiger charge is -2.01. The summed E-state index contributed by atoms with van der Waals surface area (Å²) >= 11 is 0. The number of hydrogen-bond donors (Lipinski definition) is 3. The Morgan fingerprint density at radius 2 is 2.30 bits per heavy atom. The van der Waals surface area contributed by atoms with Gasteiger partial charge in [-0.3, -0.25) is 0 Å². The third-order valence-corrected chi connectivity index (χ3v) is 1.03. The Labute approximate surface area is 55.7 Å². The monoisotopic (exact) mass is 142 g/mol. The summed E-state index contributed by atoms with van der Waals surface area (Å²) in [4.78, 5) is 13.7. The molecule has 0 unspecified atom stereocenters. The zero-order chi connectivity index (χ0) is 7.72. The molecule has 0 saturated heterocycles. The normalized spacial score (nSPS) is 9.60. The van der Waals surface area contributed by atoms with E-state index in [-0.39, 0.29) is 11.6 Å². The van der Waals surface area contributed by atoms with Gasteiger partial charge in [0.1, 0.15) is 0 Å². The van der Waals surface area contributed by atoms with Gasteiger partial charge >= 0.3 is 5.69 Å². The Hall–Kier alpha value is -1.72. The highest BCUT2D eigenvalue weighted by molar-refractivity contribution is 5.42. The molecule has 0 amide bonds. The van der Waals surface area contributed by atoms with Crippen LogP contribution >= 0.6 is 0 Å². The molecule has 6 nitrogen and oxygen atoms in total. The van der Waals surface area contributed by atoms with Gasteiger partial charge in [-0.2, -0.15) is 9.66 Å². The van der Waals surface area contributed by atoms with Gasteiger partial charge in [-0.25, -0.2) is 4.79 Å². The zero-order valence-electron chi connectivity index (χ0n) is 4.98. The number of aromatic nitrogens is 2. The van der Waals surface area contributed by atoms with Gasteiger partial charge in [0.2, 0.25) is 0 Å². The molecule has 1 aromatic rings. The molecule has 0 aliphatic carbocycles. The quantitative estimate of drug-likeness (QED) is 0.372. The van der Waals surface area contributed by atoms with Gasteiger partial charge in [0.15, 0.2) is 11.6 Å². The number of hydrogen-bond acceptors (Lipinski definition) is 5. The van der Waals surface area contributed by atoms with Crippen LogP contribution in [-0.2, 0) is 0 Å². The Balaban J connectivity index is 3.49. The summed E-state index contributed by atoms with van der Waals surface area (Å²) in [5.41, 5.74) is 4.43. The average Bonchev–Trinajstić information content (AvgIpc) is 1.93. The lowest BCUT2D eigenvalue weighted by molar-refractivity contribution is 0.469. The fraction of sp³-hybridized carbons (Fsp3) is 0. The van der Waals surface area contributed by atoms with Crippen LogP contribution in [0.1, 0.15) is 0 Å². The first kappa shape index (κ1) is 6.40. The van der Waals surface area contributed by atoms with E-state index in [9.17, 15) is 4.79 Å². The molecule has 54 valence electrons. The smallest absolute Gasteiger partial charge is 0.368 e. The Bertz CT molecular complexity index is 305. The number of nitrogens with zero attached hydrogens (tertiary/aromatic N) is 2. The molecule has 0 spiro atoms. The zero-order valence-corrected chi connectivity index (χ0v) is 4.98. The number of nitrogen functional groups attached to an aromatic ring is 2. The second kappa shape index (κ2) is 1.90. The van der Waals surface area contributed by atoms with Gasteiger partial charge < -0.3 is 16.7 Å². The summed E-state index contributed by atoms with van der Waals surface area (Å²) in [5, 5.41) is 8.80. The van der Waals surface area contributed by atoms with Gasteiger partial charge in [0.25, 0.3) is 0 Å². The van der Waals surface area contributed by atoms with E-state index >= 15 is 0 Å². The van der Waals surface area contributed by atoms with Gasteiger partial charge in [-0.1, -0.05) is 0 Å². The molecule has 0 aromatic carbocycles. The molecular formula is C4H6N4O2. The van der Waals surface area contributed by atoms with Crippen molar-refractivity contribution in [2.45, 2.75) is 0 Å². The van der Waals surface area contributed by atoms with E-state index in [1.54, 1.807) is 0 Å². The molecule has 0 radical (unpaired) electrons. The predicted molar refractivity (Wildman–Crippen MR) is 34.7 cm³/mol. The van der Waals surface area contributed by atoms with Gasteiger partial charge in [-0.15, -0.1) is 0 Å². The van der Waals surface area contributed by atoms with Crippen LogP contribution in [0.25, 0.3) is 0 Å². The van der Waals surface area contributed by atoms with Crippen LogP contribution < -0.4 is 17.3 Å². The highest BCUT2D eigenvalue weighted by Crippen LogP contribution is 2.11. The van der Waals surface area contributed by atoms with E-state index in [2.05, 4.69) is 4.98 Å². The van der Waals surface area contributed by atoms with Crippen molar-refractivity contribution < 1.29 is 5.11 Å². The van der Waals surface area contributed by atoms with E-state index in [1.165, 1.54) is 0 Å². The fourth-order valence-corrected chi connectivity index (χ4v) is 0.471. The molecular weight excluding hydrogens is 136 g/mol. The van der Waals surface area contributed by atoms with Crippen molar-refractivity contribution in [1.29, 1.82) is 0 Å². The lowest BCUT2D eigenvalue weighted by atomic mass is 10.5. The molecule has 0 atom stereocenters. The van der Waals surface area contributed by atoms with Crippen molar-refractivity contribution in [1.82, 2.24) is 9.66 Å². The highest BCUT2D eigenvalue weighted by atomic mass is 16.3. The lowest BCUT2D eigenvalue weighted by Crippen LogP contribution is -2.31. The Kier molecular flexibility index (Phi) is 1.22. The first-order chi connectivity index (χ1) is 4.63. The van der Waals surface area contributed by atoms with Crippen molar-refractivity contribution >= 4 is 5.82 Å². The van der Waals surface area contributed by atoms with Gasteiger partial charge in [-0.05, 0) is 0 Å². The maximum Gasteiger partial charge on any atom is 0.368 e. The maximum atomic E-state index is 10.5. The summed E-state index contributed by atoms with van der Waals surface area (Å²) in [6, 6.07) is 0. The van der Waals surface area contributed by atoms with Crippen LogP contribution in [0.15, 0.2) is 11.0 Å².